The summed E-state index contributed by atoms with van der Waals surface area (Å²) in [6.07, 6.45) is 0.187. The average Bonchev–Trinajstić information content (AvgIpc) is 3.03. The van der Waals surface area contributed by atoms with Crippen LogP contribution in [0.3, 0.4) is 0 Å². The lowest BCUT2D eigenvalue weighted by Gasteiger charge is -2.23. The Morgan fingerprint density at radius 3 is 2.72 bits per heavy atom. The maximum Gasteiger partial charge on any atom is 0.407 e. The number of benzene rings is 1. The van der Waals surface area contributed by atoms with Crippen LogP contribution in [-0.2, 0) is 11.3 Å². The molecule has 0 bridgehead atoms. The monoisotopic (exact) mass is 416 g/mol. The van der Waals surface area contributed by atoms with Gasteiger partial charge in [0.15, 0.2) is 5.96 Å². The Kier molecular flexibility index (Phi) is 7.58. The lowest BCUT2D eigenvalue weighted by molar-refractivity contribution is -0.0506. The van der Waals surface area contributed by atoms with E-state index in [4.69, 9.17) is 4.74 Å². The van der Waals surface area contributed by atoms with Gasteiger partial charge in [0.1, 0.15) is 17.2 Å². The summed E-state index contributed by atoms with van der Waals surface area (Å²) in [6.45, 7) is 3.32. The van der Waals surface area contributed by atoms with Crippen LogP contribution in [0.4, 0.5) is 18.0 Å². The summed E-state index contributed by atoms with van der Waals surface area (Å²) >= 11 is 0. The molecule has 1 fully saturated rings. The van der Waals surface area contributed by atoms with Gasteiger partial charge in [-0.3, -0.25) is 4.99 Å². The Balaban J connectivity index is 1.95. The summed E-state index contributed by atoms with van der Waals surface area (Å²) in [6, 6.07) is 3.63. The molecule has 29 heavy (non-hydrogen) atoms. The van der Waals surface area contributed by atoms with Gasteiger partial charge in [-0.2, -0.15) is 8.78 Å². The number of nitrogens with one attached hydrogen (secondary N) is 2. The predicted molar refractivity (Wildman–Crippen MR) is 103 cm³/mol. The van der Waals surface area contributed by atoms with Crippen LogP contribution in [0.2, 0.25) is 0 Å². The lowest BCUT2D eigenvalue weighted by Crippen LogP contribution is -2.44. The van der Waals surface area contributed by atoms with Gasteiger partial charge in [0.25, 0.3) is 0 Å². The molecule has 1 unspecified atom stereocenters. The van der Waals surface area contributed by atoms with Crippen molar-refractivity contribution >= 4 is 12.1 Å². The van der Waals surface area contributed by atoms with Gasteiger partial charge in [0.2, 0.25) is 0 Å². The molecule has 7 nitrogen and oxygen atoms in total. The third kappa shape index (κ3) is 7.03. The average molecular weight is 416 g/mol. The van der Waals surface area contributed by atoms with Crippen LogP contribution in [0.15, 0.2) is 23.2 Å². The van der Waals surface area contributed by atoms with Crippen molar-refractivity contribution in [3.8, 4) is 5.75 Å². The highest BCUT2D eigenvalue weighted by atomic mass is 19.3. The van der Waals surface area contributed by atoms with E-state index in [1.165, 1.54) is 18.2 Å². The number of ether oxygens (including phenoxy) is 2. The number of alkyl carbamates (subject to hydrolysis) is 1. The first-order chi connectivity index (χ1) is 13.6. The van der Waals surface area contributed by atoms with E-state index in [-0.39, 0.29) is 23.9 Å². The van der Waals surface area contributed by atoms with Crippen LogP contribution < -0.4 is 15.4 Å². The standard InChI is InChI=1S/C19H27F3N4O3/c1-19(2,3)29-18(27)25-12-8-9-26(11-12)17(23-4)24-10-13-14(20)6-5-7-15(13)28-16(21)22/h5-7,12,16H,8-11H2,1-4H3,(H,23,24)(H,25,27). The molecule has 1 amide bonds. The fourth-order valence-electron chi connectivity index (χ4n) is 2.96. The minimum absolute atomic E-state index is 0.0171. The lowest BCUT2D eigenvalue weighted by atomic mass is 10.2. The first-order valence-electron chi connectivity index (χ1n) is 9.26. The number of amides is 1. The summed E-state index contributed by atoms with van der Waals surface area (Å²) in [5, 5.41) is 5.77. The highest BCUT2D eigenvalue weighted by molar-refractivity contribution is 5.80. The SMILES string of the molecule is CN=C(NCc1c(F)cccc1OC(F)F)N1CCC(NC(=O)OC(C)(C)C)C1. The van der Waals surface area contributed by atoms with Crippen LogP contribution >= 0.6 is 0 Å². The fraction of sp³-hybridized carbons (Fsp3) is 0.579. The zero-order valence-electron chi connectivity index (χ0n) is 17.0. The van der Waals surface area contributed by atoms with Crippen LogP contribution in [-0.4, -0.2) is 55.3 Å². The normalized spacial score (nSPS) is 17.4. The molecule has 1 atom stereocenters. The van der Waals surface area contributed by atoms with E-state index in [0.29, 0.717) is 25.5 Å². The maximum absolute atomic E-state index is 14.1. The van der Waals surface area contributed by atoms with Gasteiger partial charge >= 0.3 is 12.7 Å². The Bertz CT molecular complexity index is 738. The first-order valence-corrected chi connectivity index (χ1v) is 9.26. The number of carbonyl (C=O) groups is 1. The number of rotatable bonds is 5. The van der Waals surface area contributed by atoms with Crippen molar-refractivity contribution in [1.82, 2.24) is 15.5 Å². The zero-order valence-corrected chi connectivity index (χ0v) is 17.0. The molecule has 0 radical (unpaired) electrons. The maximum atomic E-state index is 14.1. The third-order valence-corrected chi connectivity index (χ3v) is 4.14. The van der Waals surface area contributed by atoms with Crippen LogP contribution in [0.1, 0.15) is 32.8 Å². The molecule has 162 valence electrons. The predicted octanol–water partition coefficient (Wildman–Crippen LogP) is 3.10. The molecule has 0 aliphatic carbocycles. The fourth-order valence-corrected chi connectivity index (χ4v) is 2.96. The number of alkyl halides is 2. The molecule has 0 aromatic heterocycles. The van der Waals surface area contributed by atoms with Gasteiger partial charge in [0.05, 0.1) is 6.04 Å². The molecule has 0 spiro atoms. The summed E-state index contributed by atoms with van der Waals surface area (Å²) in [7, 11) is 1.56. The van der Waals surface area contributed by atoms with Gasteiger partial charge in [-0.15, -0.1) is 0 Å². The molecule has 1 aromatic rings. The minimum Gasteiger partial charge on any atom is -0.444 e. The summed E-state index contributed by atoms with van der Waals surface area (Å²) < 4.78 is 48.8. The Morgan fingerprint density at radius 1 is 1.38 bits per heavy atom. The van der Waals surface area contributed by atoms with Crippen molar-refractivity contribution in [3.63, 3.8) is 0 Å². The second-order valence-corrected chi connectivity index (χ2v) is 7.57. The summed E-state index contributed by atoms with van der Waals surface area (Å²) in [5.41, 5.74) is -0.603. The van der Waals surface area contributed by atoms with Crippen molar-refractivity contribution < 1.29 is 27.4 Å². The van der Waals surface area contributed by atoms with E-state index in [2.05, 4.69) is 20.4 Å². The number of nitrogens with zero attached hydrogens (tertiary/aromatic N) is 2. The molecule has 0 saturated carbocycles. The number of hydrogen-bond donors (Lipinski definition) is 2. The number of carbonyl (C=O) groups excluding carboxylic acids is 1. The number of guanidine groups is 1. The van der Waals surface area contributed by atoms with Gasteiger partial charge in [-0.05, 0) is 39.3 Å². The zero-order chi connectivity index (χ0) is 21.6. The van der Waals surface area contributed by atoms with Gasteiger partial charge in [-0.1, -0.05) is 6.07 Å². The molecule has 1 aliphatic heterocycles. The number of halogens is 3. The molecule has 1 heterocycles. The van der Waals surface area contributed by atoms with Crippen molar-refractivity contribution in [1.29, 1.82) is 0 Å². The minimum atomic E-state index is -3.05. The van der Waals surface area contributed by atoms with E-state index in [1.807, 2.05) is 4.90 Å². The number of hydrogen-bond acceptors (Lipinski definition) is 4. The van der Waals surface area contributed by atoms with E-state index >= 15 is 0 Å². The highest BCUT2D eigenvalue weighted by Crippen LogP contribution is 2.23. The highest BCUT2D eigenvalue weighted by Gasteiger charge is 2.28. The van der Waals surface area contributed by atoms with Gasteiger partial charge in [-0.25, -0.2) is 9.18 Å². The van der Waals surface area contributed by atoms with Crippen LogP contribution in [0, 0.1) is 5.82 Å². The summed E-state index contributed by atoms with van der Waals surface area (Å²) in [4.78, 5) is 18.0. The topological polar surface area (TPSA) is 75.2 Å². The molecular formula is C19H27F3N4O3. The molecule has 1 saturated heterocycles. The van der Waals surface area contributed by atoms with E-state index in [0.717, 1.165) is 0 Å². The molecule has 2 N–H and O–H groups in total. The molecule has 10 heteroatoms. The smallest absolute Gasteiger partial charge is 0.407 e. The Morgan fingerprint density at radius 2 is 2.10 bits per heavy atom. The van der Waals surface area contributed by atoms with E-state index in [9.17, 15) is 18.0 Å². The van der Waals surface area contributed by atoms with Crippen molar-refractivity contribution in [2.45, 2.75) is 52.0 Å². The Hall–Kier alpha value is -2.65. The van der Waals surface area contributed by atoms with E-state index in [1.54, 1.807) is 27.8 Å². The molecule has 1 aliphatic rings. The summed E-state index contributed by atoms with van der Waals surface area (Å²) in [5.74, 6) is -0.421. The van der Waals surface area contributed by atoms with E-state index < -0.39 is 24.1 Å². The van der Waals surface area contributed by atoms with Crippen molar-refractivity contribution in [3.05, 3.63) is 29.6 Å². The quantitative estimate of drug-likeness (QED) is 0.570. The third-order valence-electron chi connectivity index (χ3n) is 4.14. The Labute approximate surface area is 168 Å². The molecule has 1 aromatic carbocycles. The van der Waals surface area contributed by atoms with Crippen molar-refractivity contribution in [2.24, 2.45) is 4.99 Å². The molecule has 2 rings (SSSR count). The van der Waals surface area contributed by atoms with Crippen LogP contribution in [0.25, 0.3) is 0 Å². The van der Waals surface area contributed by atoms with Crippen molar-refractivity contribution in [2.75, 3.05) is 20.1 Å². The van der Waals surface area contributed by atoms with Gasteiger partial charge in [0, 0.05) is 32.2 Å². The largest absolute Gasteiger partial charge is 0.444 e. The molecular weight excluding hydrogens is 389 g/mol. The van der Waals surface area contributed by atoms with Crippen LogP contribution in [0.5, 0.6) is 5.75 Å². The second kappa shape index (κ2) is 9.71. The number of aliphatic imine (C=N–C) groups is 1. The second-order valence-electron chi connectivity index (χ2n) is 7.57. The first kappa shape index (κ1) is 22.6. The number of likely N-dealkylation sites (tertiary alicyclic amines) is 1. The van der Waals surface area contributed by atoms with Gasteiger partial charge < -0.3 is 25.0 Å².